The van der Waals surface area contributed by atoms with Gasteiger partial charge in [-0.25, -0.2) is 4.39 Å². The minimum absolute atomic E-state index is 0.306. The second-order valence-corrected chi connectivity index (χ2v) is 5.97. The highest BCUT2D eigenvalue weighted by Gasteiger charge is 2.20. The molecule has 0 saturated heterocycles. The quantitative estimate of drug-likeness (QED) is 0.713. The Labute approximate surface area is 139 Å². The second-order valence-electron chi connectivity index (χ2n) is 4.72. The van der Waals surface area contributed by atoms with Crippen molar-refractivity contribution in [1.82, 2.24) is 5.32 Å². The maximum absolute atomic E-state index is 13.6. The summed E-state index contributed by atoms with van der Waals surface area (Å²) in [5, 5.41) is 4.97. The van der Waals surface area contributed by atoms with E-state index in [9.17, 15) is 4.39 Å². The van der Waals surface area contributed by atoms with Gasteiger partial charge >= 0.3 is 0 Å². The predicted octanol–water partition coefficient (Wildman–Crippen LogP) is 5.87. The summed E-state index contributed by atoms with van der Waals surface area (Å²) >= 11 is 18.6. The SMILES string of the molecule is CCCNC(c1cc(F)ccc1Cl)c1cc(Cl)ccc1Cl. The third-order valence-corrected chi connectivity index (χ3v) is 4.06. The Balaban J connectivity index is 2.52. The largest absolute Gasteiger partial charge is 0.306 e. The molecule has 2 aromatic rings. The van der Waals surface area contributed by atoms with Crippen LogP contribution in [0.25, 0.3) is 0 Å². The van der Waals surface area contributed by atoms with E-state index in [1.165, 1.54) is 12.1 Å². The zero-order chi connectivity index (χ0) is 15.4. The molecule has 5 heteroatoms. The van der Waals surface area contributed by atoms with Crippen molar-refractivity contribution < 1.29 is 4.39 Å². The minimum Gasteiger partial charge on any atom is -0.306 e. The van der Waals surface area contributed by atoms with Gasteiger partial charge in [-0.2, -0.15) is 0 Å². The average Bonchev–Trinajstić information content (AvgIpc) is 2.46. The highest BCUT2D eigenvalue weighted by Crippen LogP contribution is 2.34. The molecule has 0 aromatic heterocycles. The molecular formula is C16H15Cl3FN. The number of nitrogens with one attached hydrogen (secondary N) is 1. The highest BCUT2D eigenvalue weighted by molar-refractivity contribution is 6.34. The summed E-state index contributed by atoms with van der Waals surface area (Å²) in [6.07, 6.45) is 0.932. The predicted molar refractivity (Wildman–Crippen MR) is 88.0 cm³/mol. The third-order valence-electron chi connectivity index (χ3n) is 3.14. The first-order valence-electron chi connectivity index (χ1n) is 6.66. The molecule has 1 unspecified atom stereocenters. The van der Waals surface area contributed by atoms with E-state index in [2.05, 4.69) is 12.2 Å². The molecule has 0 amide bonds. The van der Waals surface area contributed by atoms with Gasteiger partial charge in [0.1, 0.15) is 5.82 Å². The lowest BCUT2D eigenvalue weighted by atomic mass is 9.98. The van der Waals surface area contributed by atoms with E-state index < -0.39 is 0 Å². The van der Waals surface area contributed by atoms with Crippen LogP contribution in [0.15, 0.2) is 36.4 Å². The molecule has 0 fully saturated rings. The van der Waals surface area contributed by atoms with Crippen LogP contribution in [-0.4, -0.2) is 6.54 Å². The van der Waals surface area contributed by atoms with Gasteiger partial charge in [-0.05, 0) is 60.5 Å². The standard InChI is InChI=1S/C16H15Cl3FN/c1-2-7-21-16(12-8-10(17)3-5-14(12)18)13-9-11(20)4-6-15(13)19/h3-6,8-9,16,21H,2,7H2,1H3. The normalized spacial score (nSPS) is 12.4. The van der Waals surface area contributed by atoms with Crippen LogP contribution in [0, 0.1) is 5.82 Å². The number of rotatable bonds is 5. The fourth-order valence-electron chi connectivity index (χ4n) is 2.15. The number of benzene rings is 2. The molecule has 0 bridgehead atoms. The van der Waals surface area contributed by atoms with Gasteiger partial charge < -0.3 is 5.32 Å². The van der Waals surface area contributed by atoms with Gasteiger partial charge in [0.2, 0.25) is 0 Å². The van der Waals surface area contributed by atoms with E-state index in [1.54, 1.807) is 24.3 Å². The van der Waals surface area contributed by atoms with E-state index in [1.807, 2.05) is 0 Å². The summed E-state index contributed by atoms with van der Waals surface area (Å²) in [5.41, 5.74) is 1.43. The molecule has 1 nitrogen and oxygen atoms in total. The van der Waals surface area contributed by atoms with Crippen molar-refractivity contribution in [3.8, 4) is 0 Å². The lowest BCUT2D eigenvalue weighted by Crippen LogP contribution is -2.24. The van der Waals surface area contributed by atoms with Crippen molar-refractivity contribution >= 4 is 34.8 Å². The summed E-state index contributed by atoms with van der Waals surface area (Å²) in [5.74, 6) is -0.337. The Hall–Kier alpha value is -0.800. The van der Waals surface area contributed by atoms with Crippen molar-refractivity contribution in [1.29, 1.82) is 0 Å². The van der Waals surface area contributed by atoms with Crippen molar-refractivity contribution in [3.05, 3.63) is 68.4 Å². The molecule has 0 saturated carbocycles. The Morgan fingerprint density at radius 3 is 2.29 bits per heavy atom. The number of halogens is 4. The first-order valence-corrected chi connectivity index (χ1v) is 7.79. The van der Waals surface area contributed by atoms with Crippen molar-refractivity contribution in [2.75, 3.05) is 6.54 Å². The monoisotopic (exact) mass is 345 g/mol. The first kappa shape index (κ1) is 16.6. The van der Waals surface area contributed by atoms with Crippen molar-refractivity contribution in [2.24, 2.45) is 0 Å². The first-order chi connectivity index (χ1) is 10.0. The van der Waals surface area contributed by atoms with E-state index in [0.29, 0.717) is 20.6 Å². The van der Waals surface area contributed by atoms with Crippen LogP contribution in [0.3, 0.4) is 0 Å². The van der Waals surface area contributed by atoms with Crippen LogP contribution in [-0.2, 0) is 0 Å². The average molecular weight is 347 g/mol. The maximum atomic E-state index is 13.6. The van der Waals surface area contributed by atoms with Crippen LogP contribution in [0.2, 0.25) is 15.1 Å². The second kappa shape index (κ2) is 7.46. The lowest BCUT2D eigenvalue weighted by Gasteiger charge is -2.22. The number of hydrogen-bond acceptors (Lipinski definition) is 1. The molecule has 0 aliphatic rings. The van der Waals surface area contributed by atoms with Crippen LogP contribution >= 0.6 is 34.8 Å². The molecule has 2 aromatic carbocycles. The summed E-state index contributed by atoms with van der Waals surface area (Å²) in [7, 11) is 0. The smallest absolute Gasteiger partial charge is 0.123 e. The van der Waals surface area contributed by atoms with Crippen LogP contribution in [0.1, 0.15) is 30.5 Å². The molecule has 0 aliphatic carbocycles. The molecule has 0 radical (unpaired) electrons. The van der Waals surface area contributed by atoms with Gasteiger partial charge in [0, 0.05) is 15.1 Å². The van der Waals surface area contributed by atoms with E-state index in [4.69, 9.17) is 34.8 Å². The van der Waals surface area contributed by atoms with E-state index in [-0.39, 0.29) is 11.9 Å². The molecule has 1 atom stereocenters. The molecule has 1 N–H and O–H groups in total. The molecule has 0 aliphatic heterocycles. The van der Waals surface area contributed by atoms with Crippen molar-refractivity contribution in [2.45, 2.75) is 19.4 Å². The fourth-order valence-corrected chi connectivity index (χ4v) is 2.78. The minimum atomic E-state index is -0.337. The Kier molecular flexibility index (Phi) is 5.88. The summed E-state index contributed by atoms with van der Waals surface area (Å²) in [6, 6.07) is 9.23. The van der Waals surface area contributed by atoms with E-state index in [0.717, 1.165) is 18.5 Å². The Morgan fingerprint density at radius 2 is 1.62 bits per heavy atom. The molecule has 0 spiro atoms. The molecule has 21 heavy (non-hydrogen) atoms. The molecule has 112 valence electrons. The van der Waals surface area contributed by atoms with Crippen molar-refractivity contribution in [3.63, 3.8) is 0 Å². The fraction of sp³-hybridized carbons (Fsp3) is 0.250. The summed E-state index contributed by atoms with van der Waals surface area (Å²) < 4.78 is 13.6. The Bertz CT molecular complexity index is 579. The lowest BCUT2D eigenvalue weighted by molar-refractivity contribution is 0.586. The third kappa shape index (κ3) is 4.10. The molecule has 2 rings (SSSR count). The van der Waals surface area contributed by atoms with Crippen LogP contribution in [0.5, 0.6) is 0 Å². The van der Waals surface area contributed by atoms with Gasteiger partial charge in [0.15, 0.2) is 0 Å². The summed E-state index contributed by atoms with van der Waals surface area (Å²) in [4.78, 5) is 0. The zero-order valence-corrected chi connectivity index (χ0v) is 13.7. The zero-order valence-electron chi connectivity index (χ0n) is 11.5. The highest BCUT2D eigenvalue weighted by atomic mass is 35.5. The van der Waals surface area contributed by atoms with E-state index >= 15 is 0 Å². The van der Waals surface area contributed by atoms with Gasteiger partial charge in [-0.1, -0.05) is 41.7 Å². The van der Waals surface area contributed by atoms with Gasteiger partial charge in [0.05, 0.1) is 6.04 Å². The van der Waals surface area contributed by atoms with Gasteiger partial charge in [-0.3, -0.25) is 0 Å². The topological polar surface area (TPSA) is 12.0 Å². The summed E-state index contributed by atoms with van der Waals surface area (Å²) in [6.45, 7) is 2.80. The van der Waals surface area contributed by atoms with Crippen LogP contribution < -0.4 is 5.32 Å². The maximum Gasteiger partial charge on any atom is 0.123 e. The molecule has 0 heterocycles. The van der Waals surface area contributed by atoms with Crippen LogP contribution in [0.4, 0.5) is 4.39 Å². The Morgan fingerprint density at radius 1 is 1.00 bits per heavy atom. The number of hydrogen-bond donors (Lipinski definition) is 1. The van der Waals surface area contributed by atoms with Gasteiger partial charge in [-0.15, -0.1) is 0 Å². The van der Waals surface area contributed by atoms with Gasteiger partial charge in [0.25, 0.3) is 0 Å². The molecular weight excluding hydrogens is 332 g/mol.